The number of anilines is 2. The van der Waals surface area contributed by atoms with Crippen molar-refractivity contribution in [1.29, 1.82) is 0 Å². The van der Waals surface area contributed by atoms with E-state index in [0.717, 1.165) is 34.6 Å². The van der Waals surface area contributed by atoms with Crippen molar-refractivity contribution < 1.29 is 14.3 Å². The van der Waals surface area contributed by atoms with Crippen LogP contribution in [0.3, 0.4) is 0 Å². The second kappa shape index (κ2) is 7.38. The summed E-state index contributed by atoms with van der Waals surface area (Å²) in [6.45, 7) is 8.51. The van der Waals surface area contributed by atoms with Gasteiger partial charge in [-0.3, -0.25) is 4.79 Å². The first-order valence-electron chi connectivity index (χ1n) is 10.4. The predicted octanol–water partition coefficient (Wildman–Crippen LogP) is 5.54. The fraction of sp³-hybridized carbons (Fsp3) is 0.400. The summed E-state index contributed by atoms with van der Waals surface area (Å²) in [6, 6.07) is 9.78. The summed E-state index contributed by atoms with van der Waals surface area (Å²) in [5, 5.41) is 7.26. The van der Waals surface area contributed by atoms with Crippen LogP contribution in [0.1, 0.15) is 49.4 Å². The second-order valence-electron chi connectivity index (χ2n) is 9.10. The zero-order valence-corrected chi connectivity index (χ0v) is 18.6. The number of Topliss-reactive ketones (excluding diaryl/α,β-unsaturated/α-hetero) is 1. The minimum Gasteiger partial charge on any atom is -0.493 e. The molecule has 5 heteroatoms. The Bertz CT molecular complexity index is 1050. The summed E-state index contributed by atoms with van der Waals surface area (Å²) in [6.07, 6.45) is 1.33. The number of aryl methyl sites for hydroxylation is 2. The van der Waals surface area contributed by atoms with Gasteiger partial charge in [-0.05, 0) is 55.0 Å². The Morgan fingerprint density at radius 1 is 1.00 bits per heavy atom. The van der Waals surface area contributed by atoms with Crippen LogP contribution < -0.4 is 20.1 Å². The smallest absolute Gasteiger partial charge is 0.166 e. The third-order valence-corrected chi connectivity index (χ3v) is 6.17. The van der Waals surface area contributed by atoms with Gasteiger partial charge >= 0.3 is 0 Å². The van der Waals surface area contributed by atoms with Gasteiger partial charge in [0.15, 0.2) is 17.3 Å². The molecule has 1 aliphatic carbocycles. The molecule has 1 heterocycles. The molecular formula is C25H30N2O3. The number of hydrogen-bond acceptors (Lipinski definition) is 5. The van der Waals surface area contributed by atoms with Gasteiger partial charge in [0.2, 0.25) is 0 Å². The molecule has 0 unspecified atom stereocenters. The minimum atomic E-state index is -0.329. The van der Waals surface area contributed by atoms with Crippen LogP contribution in [0.15, 0.2) is 41.6 Å². The summed E-state index contributed by atoms with van der Waals surface area (Å²) in [4.78, 5) is 13.4. The van der Waals surface area contributed by atoms with Gasteiger partial charge in [-0.1, -0.05) is 26.0 Å². The maximum atomic E-state index is 13.4. The first kappa shape index (κ1) is 20.3. The van der Waals surface area contributed by atoms with Crippen molar-refractivity contribution in [2.24, 2.45) is 5.41 Å². The van der Waals surface area contributed by atoms with Gasteiger partial charge in [0.1, 0.15) is 0 Å². The molecule has 4 rings (SSSR count). The number of carbonyl (C=O) groups excluding carboxylic acids is 1. The van der Waals surface area contributed by atoms with Crippen LogP contribution in [-0.4, -0.2) is 20.0 Å². The number of ether oxygens (including phenoxy) is 2. The van der Waals surface area contributed by atoms with Crippen molar-refractivity contribution in [1.82, 2.24) is 0 Å². The van der Waals surface area contributed by atoms with Gasteiger partial charge in [0.05, 0.1) is 31.6 Å². The summed E-state index contributed by atoms with van der Waals surface area (Å²) in [5.74, 6) is 1.46. The van der Waals surface area contributed by atoms with Crippen molar-refractivity contribution in [3.63, 3.8) is 0 Å². The monoisotopic (exact) mass is 406 g/mol. The quantitative estimate of drug-likeness (QED) is 0.701. The number of allylic oxidation sites excluding steroid dienone is 1. The lowest BCUT2D eigenvalue weighted by Crippen LogP contribution is -2.31. The Hall–Kier alpha value is -2.95. The van der Waals surface area contributed by atoms with Gasteiger partial charge < -0.3 is 20.1 Å². The molecule has 0 spiro atoms. The Morgan fingerprint density at radius 2 is 1.70 bits per heavy atom. The Balaban J connectivity index is 1.96. The molecule has 1 aliphatic heterocycles. The lowest BCUT2D eigenvalue weighted by Gasteiger charge is -2.34. The standard InChI is InChI=1S/C25H30N2O3/c1-14-10-17-18(11-15(14)2)27-23(16-8-7-9-21(29-5)24(16)30-6)22-19(26-17)12-25(3,4)13-20(22)28/h7-11,23,26-27H,12-13H2,1-6H3/t23-/m1/s1. The molecule has 0 amide bonds. The zero-order valence-electron chi connectivity index (χ0n) is 18.6. The molecule has 5 nitrogen and oxygen atoms in total. The molecule has 2 aromatic rings. The van der Waals surface area contributed by atoms with Crippen LogP contribution in [0.2, 0.25) is 0 Å². The molecule has 0 aromatic heterocycles. The summed E-state index contributed by atoms with van der Waals surface area (Å²) >= 11 is 0. The molecular weight excluding hydrogens is 376 g/mol. The highest BCUT2D eigenvalue weighted by atomic mass is 16.5. The summed E-state index contributed by atoms with van der Waals surface area (Å²) in [7, 11) is 3.27. The Labute approximate surface area is 178 Å². The number of para-hydroxylation sites is 1. The van der Waals surface area contributed by atoms with Gasteiger partial charge in [0.25, 0.3) is 0 Å². The first-order valence-corrected chi connectivity index (χ1v) is 10.4. The largest absolute Gasteiger partial charge is 0.493 e. The zero-order chi connectivity index (χ0) is 21.6. The molecule has 0 saturated heterocycles. The van der Waals surface area contributed by atoms with Crippen molar-refractivity contribution in [3.8, 4) is 11.5 Å². The average Bonchev–Trinajstić information content (AvgIpc) is 2.83. The van der Waals surface area contributed by atoms with Crippen LogP contribution in [0.4, 0.5) is 11.4 Å². The highest BCUT2D eigenvalue weighted by Crippen LogP contribution is 2.48. The first-order chi connectivity index (χ1) is 14.2. The number of benzene rings is 2. The molecule has 0 radical (unpaired) electrons. The molecule has 30 heavy (non-hydrogen) atoms. The molecule has 2 N–H and O–H groups in total. The van der Waals surface area contributed by atoms with Crippen molar-refractivity contribution in [2.75, 3.05) is 24.9 Å². The average molecular weight is 407 g/mol. The van der Waals surface area contributed by atoms with Gasteiger partial charge in [-0.25, -0.2) is 0 Å². The molecule has 0 bridgehead atoms. The van der Waals surface area contributed by atoms with E-state index in [9.17, 15) is 4.79 Å². The number of hydrogen-bond donors (Lipinski definition) is 2. The number of fused-ring (bicyclic) bond motifs is 1. The lowest BCUT2D eigenvalue weighted by molar-refractivity contribution is -0.118. The number of carbonyl (C=O) groups is 1. The van der Waals surface area contributed by atoms with E-state index in [1.54, 1.807) is 14.2 Å². The van der Waals surface area contributed by atoms with E-state index in [-0.39, 0.29) is 17.2 Å². The van der Waals surface area contributed by atoms with Crippen molar-refractivity contribution in [2.45, 2.75) is 46.6 Å². The van der Waals surface area contributed by atoms with Gasteiger partial charge in [-0.2, -0.15) is 0 Å². The topological polar surface area (TPSA) is 59.6 Å². The molecule has 0 fully saturated rings. The predicted molar refractivity (Wildman–Crippen MR) is 120 cm³/mol. The maximum absolute atomic E-state index is 13.4. The molecule has 0 saturated carbocycles. The number of ketones is 1. The highest BCUT2D eigenvalue weighted by Gasteiger charge is 2.39. The van der Waals surface area contributed by atoms with Gasteiger partial charge in [-0.15, -0.1) is 0 Å². The maximum Gasteiger partial charge on any atom is 0.166 e. The molecule has 2 aromatic carbocycles. The van der Waals surface area contributed by atoms with E-state index in [4.69, 9.17) is 9.47 Å². The normalized spacial score (nSPS) is 19.8. The molecule has 158 valence electrons. The SMILES string of the molecule is COc1cccc([C@H]2Nc3cc(C)c(C)cc3NC3=C2C(=O)CC(C)(C)C3)c1OC. The van der Waals surface area contributed by atoms with E-state index in [1.165, 1.54) is 11.1 Å². The van der Waals surface area contributed by atoms with Crippen LogP contribution in [0.25, 0.3) is 0 Å². The van der Waals surface area contributed by atoms with Crippen molar-refractivity contribution >= 4 is 17.2 Å². The number of rotatable bonds is 3. The van der Waals surface area contributed by atoms with E-state index < -0.39 is 0 Å². The molecule has 1 atom stereocenters. The van der Waals surface area contributed by atoms with Gasteiger partial charge in [0, 0.05) is 23.3 Å². The fourth-order valence-electron chi connectivity index (χ4n) is 4.58. The summed E-state index contributed by atoms with van der Waals surface area (Å²) in [5.41, 5.74) is 6.97. The van der Waals surface area contributed by atoms with E-state index in [0.29, 0.717) is 17.9 Å². The third kappa shape index (κ3) is 3.42. The highest BCUT2D eigenvalue weighted by molar-refractivity contribution is 6.01. The number of nitrogens with one attached hydrogen (secondary N) is 2. The van der Waals surface area contributed by atoms with Crippen LogP contribution in [0.5, 0.6) is 11.5 Å². The minimum absolute atomic E-state index is 0.0871. The van der Waals surface area contributed by atoms with E-state index in [2.05, 4.69) is 50.5 Å². The lowest BCUT2D eigenvalue weighted by atomic mass is 9.73. The van der Waals surface area contributed by atoms with E-state index in [1.807, 2.05) is 18.2 Å². The number of methoxy groups -OCH3 is 2. The van der Waals surface area contributed by atoms with Crippen LogP contribution in [0, 0.1) is 19.3 Å². The Morgan fingerprint density at radius 3 is 2.37 bits per heavy atom. The van der Waals surface area contributed by atoms with Crippen molar-refractivity contribution in [3.05, 3.63) is 58.3 Å². The Kier molecular flexibility index (Phi) is 5.00. The summed E-state index contributed by atoms with van der Waals surface area (Å²) < 4.78 is 11.3. The van der Waals surface area contributed by atoms with Crippen LogP contribution >= 0.6 is 0 Å². The van der Waals surface area contributed by atoms with Crippen LogP contribution in [-0.2, 0) is 4.79 Å². The second-order valence-corrected chi connectivity index (χ2v) is 9.10. The fourth-order valence-corrected chi connectivity index (χ4v) is 4.58. The molecule has 2 aliphatic rings. The van der Waals surface area contributed by atoms with E-state index >= 15 is 0 Å². The third-order valence-electron chi connectivity index (χ3n) is 6.17.